The van der Waals surface area contributed by atoms with Crippen LogP contribution in [0, 0.1) is 0 Å². The highest BCUT2D eigenvalue weighted by Gasteiger charge is 2.21. The number of carbonyl (C=O) groups is 2. The van der Waals surface area contributed by atoms with Crippen LogP contribution in [0.5, 0.6) is 0 Å². The number of carbonyl (C=O) groups excluding carboxylic acids is 2. The molecule has 0 saturated heterocycles. The van der Waals surface area contributed by atoms with Crippen LogP contribution < -0.4 is 0 Å². The first kappa shape index (κ1) is 16.3. The Kier molecular flexibility index (Phi) is 6.89. The summed E-state index contributed by atoms with van der Waals surface area (Å²) in [5.41, 5.74) is 0.0675. The van der Waals surface area contributed by atoms with Crippen molar-refractivity contribution in [2.75, 3.05) is 33.4 Å². The van der Waals surface area contributed by atoms with Gasteiger partial charge in [-0.1, -0.05) is 11.6 Å². The number of rotatable bonds is 7. The smallest absolute Gasteiger partial charge is 0.325 e. The van der Waals surface area contributed by atoms with E-state index in [9.17, 15) is 9.59 Å². The third-order valence-corrected chi connectivity index (χ3v) is 2.48. The Morgan fingerprint density at radius 1 is 1.40 bits per heavy atom. The molecule has 0 aliphatic carbocycles. The van der Waals surface area contributed by atoms with Gasteiger partial charge in [0.05, 0.1) is 25.6 Å². The first-order valence-corrected chi connectivity index (χ1v) is 6.37. The van der Waals surface area contributed by atoms with E-state index in [2.05, 4.69) is 9.97 Å². The van der Waals surface area contributed by atoms with Crippen LogP contribution in [0.25, 0.3) is 0 Å². The van der Waals surface area contributed by atoms with Gasteiger partial charge in [0.15, 0.2) is 0 Å². The van der Waals surface area contributed by atoms with Crippen LogP contribution in [-0.2, 0) is 14.3 Å². The van der Waals surface area contributed by atoms with Gasteiger partial charge in [-0.3, -0.25) is 14.6 Å². The van der Waals surface area contributed by atoms with Gasteiger partial charge in [0, 0.05) is 13.7 Å². The summed E-state index contributed by atoms with van der Waals surface area (Å²) < 4.78 is 9.74. The Hall–Kier alpha value is -1.73. The molecule has 0 aromatic carbocycles. The average molecular weight is 302 g/mol. The zero-order chi connectivity index (χ0) is 15.0. The van der Waals surface area contributed by atoms with Crippen LogP contribution in [-0.4, -0.2) is 60.2 Å². The largest absolute Gasteiger partial charge is 0.465 e. The molecule has 0 saturated carbocycles. The van der Waals surface area contributed by atoms with Crippen molar-refractivity contribution in [2.45, 2.75) is 6.92 Å². The van der Waals surface area contributed by atoms with Gasteiger partial charge in [0.1, 0.15) is 17.4 Å². The Labute approximate surface area is 121 Å². The second kappa shape index (κ2) is 8.44. The summed E-state index contributed by atoms with van der Waals surface area (Å²) in [5.74, 6) is -0.947. The second-order valence-corrected chi connectivity index (χ2v) is 4.14. The van der Waals surface area contributed by atoms with Crippen LogP contribution >= 0.6 is 11.6 Å². The first-order valence-electron chi connectivity index (χ1n) is 5.99. The lowest BCUT2D eigenvalue weighted by Crippen LogP contribution is -2.39. The van der Waals surface area contributed by atoms with Crippen molar-refractivity contribution in [1.29, 1.82) is 0 Å². The van der Waals surface area contributed by atoms with Crippen molar-refractivity contribution in [3.05, 3.63) is 23.2 Å². The highest BCUT2D eigenvalue weighted by molar-refractivity contribution is 6.29. The van der Waals surface area contributed by atoms with Crippen molar-refractivity contribution in [3.8, 4) is 0 Å². The Morgan fingerprint density at radius 3 is 2.75 bits per heavy atom. The minimum absolute atomic E-state index is 0.0675. The van der Waals surface area contributed by atoms with Crippen molar-refractivity contribution >= 4 is 23.5 Å². The van der Waals surface area contributed by atoms with Gasteiger partial charge in [-0.15, -0.1) is 0 Å². The summed E-state index contributed by atoms with van der Waals surface area (Å²) in [6, 6.07) is 0. The van der Waals surface area contributed by atoms with Gasteiger partial charge in [0.2, 0.25) is 0 Å². The summed E-state index contributed by atoms with van der Waals surface area (Å²) in [4.78, 5) is 32.7. The molecule has 0 unspecified atom stereocenters. The van der Waals surface area contributed by atoms with Crippen LogP contribution in [0.4, 0.5) is 0 Å². The second-order valence-electron chi connectivity index (χ2n) is 3.75. The predicted octanol–water partition coefficient (Wildman–Crippen LogP) is 0.782. The van der Waals surface area contributed by atoms with E-state index in [0.717, 1.165) is 0 Å². The number of aromatic nitrogens is 2. The molecule has 0 radical (unpaired) electrons. The number of esters is 1. The van der Waals surface area contributed by atoms with E-state index < -0.39 is 11.9 Å². The van der Waals surface area contributed by atoms with Gasteiger partial charge in [-0.25, -0.2) is 4.98 Å². The molecule has 0 fully saturated rings. The molecule has 8 heteroatoms. The number of amides is 1. The lowest BCUT2D eigenvalue weighted by atomic mass is 10.3. The number of halogens is 1. The standard InChI is InChI=1S/C12H16ClN3O4/c1-3-20-11(17)8-16(4-5-19-2)12(18)9-6-14-7-10(13)15-9/h6-7H,3-5,8H2,1-2H3. The van der Waals surface area contributed by atoms with Crippen LogP contribution in [0.15, 0.2) is 12.4 Å². The molecule has 0 spiro atoms. The molecule has 110 valence electrons. The quantitative estimate of drug-likeness (QED) is 0.692. The van der Waals surface area contributed by atoms with Gasteiger partial charge >= 0.3 is 5.97 Å². The van der Waals surface area contributed by atoms with Crippen molar-refractivity contribution in [1.82, 2.24) is 14.9 Å². The molecule has 0 N–H and O–H groups in total. The molecule has 20 heavy (non-hydrogen) atoms. The van der Waals surface area contributed by atoms with Gasteiger partial charge in [-0.05, 0) is 6.92 Å². The lowest BCUT2D eigenvalue weighted by Gasteiger charge is -2.20. The number of ether oxygens (including phenoxy) is 2. The van der Waals surface area contributed by atoms with Gasteiger partial charge < -0.3 is 14.4 Å². The molecule has 0 atom stereocenters. The van der Waals surface area contributed by atoms with E-state index in [1.807, 2.05) is 0 Å². The maximum absolute atomic E-state index is 12.2. The zero-order valence-electron chi connectivity index (χ0n) is 11.3. The Morgan fingerprint density at radius 2 is 2.15 bits per heavy atom. The van der Waals surface area contributed by atoms with E-state index in [-0.39, 0.29) is 30.5 Å². The average Bonchev–Trinajstić information content (AvgIpc) is 2.43. The van der Waals surface area contributed by atoms with Crippen molar-refractivity contribution in [2.24, 2.45) is 0 Å². The van der Waals surface area contributed by atoms with Crippen molar-refractivity contribution < 1.29 is 19.1 Å². The number of nitrogens with zero attached hydrogens (tertiary/aromatic N) is 3. The summed E-state index contributed by atoms with van der Waals surface area (Å²) in [6.07, 6.45) is 2.61. The number of methoxy groups -OCH3 is 1. The summed E-state index contributed by atoms with van der Waals surface area (Å²) >= 11 is 5.69. The predicted molar refractivity (Wildman–Crippen MR) is 71.5 cm³/mol. The maximum atomic E-state index is 12.2. The van der Waals surface area contributed by atoms with E-state index in [0.29, 0.717) is 6.61 Å². The van der Waals surface area contributed by atoms with Crippen LogP contribution in [0.1, 0.15) is 17.4 Å². The van der Waals surface area contributed by atoms with Gasteiger partial charge in [0.25, 0.3) is 5.91 Å². The molecule has 1 heterocycles. The molecular formula is C12H16ClN3O4. The minimum Gasteiger partial charge on any atom is -0.465 e. The fourth-order valence-electron chi connectivity index (χ4n) is 1.42. The van der Waals surface area contributed by atoms with E-state index in [1.165, 1.54) is 24.4 Å². The fourth-order valence-corrected chi connectivity index (χ4v) is 1.57. The third kappa shape index (κ3) is 5.10. The van der Waals surface area contributed by atoms with Gasteiger partial charge in [-0.2, -0.15) is 0 Å². The zero-order valence-corrected chi connectivity index (χ0v) is 12.1. The first-order chi connectivity index (χ1) is 9.58. The monoisotopic (exact) mass is 301 g/mol. The maximum Gasteiger partial charge on any atom is 0.325 e. The normalized spacial score (nSPS) is 10.2. The summed E-state index contributed by atoms with van der Waals surface area (Å²) in [6.45, 7) is 2.30. The molecule has 0 aliphatic rings. The van der Waals surface area contributed by atoms with E-state index >= 15 is 0 Å². The van der Waals surface area contributed by atoms with E-state index in [4.69, 9.17) is 21.1 Å². The Bertz CT molecular complexity index is 470. The summed E-state index contributed by atoms with van der Waals surface area (Å²) in [7, 11) is 1.51. The van der Waals surface area contributed by atoms with E-state index in [1.54, 1.807) is 6.92 Å². The lowest BCUT2D eigenvalue weighted by molar-refractivity contribution is -0.143. The topological polar surface area (TPSA) is 81.6 Å². The third-order valence-electron chi connectivity index (χ3n) is 2.30. The minimum atomic E-state index is -0.494. The number of hydrogen-bond acceptors (Lipinski definition) is 6. The van der Waals surface area contributed by atoms with Crippen molar-refractivity contribution in [3.63, 3.8) is 0 Å². The molecule has 7 nitrogen and oxygen atoms in total. The number of hydrogen-bond donors (Lipinski definition) is 0. The molecule has 0 bridgehead atoms. The highest BCUT2D eigenvalue weighted by atomic mass is 35.5. The molecular weight excluding hydrogens is 286 g/mol. The highest BCUT2D eigenvalue weighted by Crippen LogP contribution is 2.06. The SMILES string of the molecule is CCOC(=O)CN(CCOC)C(=O)c1cncc(Cl)n1. The molecule has 0 aliphatic heterocycles. The fraction of sp³-hybridized carbons (Fsp3) is 0.500. The molecule has 1 aromatic rings. The molecule has 1 amide bonds. The molecule has 1 rings (SSSR count). The summed E-state index contributed by atoms with van der Waals surface area (Å²) in [5, 5.41) is 0.110. The van der Waals surface area contributed by atoms with Crippen LogP contribution in [0.2, 0.25) is 5.15 Å². The Balaban J connectivity index is 2.80. The van der Waals surface area contributed by atoms with Crippen LogP contribution in [0.3, 0.4) is 0 Å². The molecule has 1 aromatic heterocycles.